The van der Waals surface area contributed by atoms with Gasteiger partial charge >= 0.3 is 18.1 Å². The average Bonchev–Trinajstić information content (AvgIpc) is 2.11. The second-order valence-electron chi connectivity index (χ2n) is 2.97. The highest BCUT2D eigenvalue weighted by Crippen LogP contribution is 2.13. The van der Waals surface area contributed by atoms with E-state index in [1.54, 1.807) is 0 Å². The van der Waals surface area contributed by atoms with Crippen molar-refractivity contribution >= 4 is 17.7 Å². The van der Waals surface area contributed by atoms with E-state index in [0.29, 0.717) is 0 Å². The molecule has 0 fully saturated rings. The molecule has 0 saturated carbocycles. The van der Waals surface area contributed by atoms with Gasteiger partial charge in [-0.2, -0.15) is 13.2 Å². The number of aliphatic carboxylic acids is 1. The van der Waals surface area contributed by atoms with E-state index in [0.717, 1.165) is 0 Å². The highest BCUT2D eigenvalue weighted by atomic mass is 19.4. The van der Waals surface area contributed by atoms with E-state index >= 15 is 0 Å². The Hall–Kier alpha value is -1.60. The average molecular weight is 241 g/mol. The Balaban J connectivity index is 3.74. The van der Waals surface area contributed by atoms with Crippen molar-refractivity contribution in [2.45, 2.75) is 25.4 Å². The van der Waals surface area contributed by atoms with E-state index in [2.05, 4.69) is 0 Å². The molecule has 0 aliphatic carbocycles. The van der Waals surface area contributed by atoms with Crippen molar-refractivity contribution < 1.29 is 32.7 Å². The van der Waals surface area contributed by atoms with Gasteiger partial charge in [0.2, 0.25) is 0 Å². The first kappa shape index (κ1) is 14.4. The molecule has 2 N–H and O–H groups in total. The summed E-state index contributed by atoms with van der Waals surface area (Å²) in [5.74, 6) is -3.91. The molecule has 92 valence electrons. The van der Waals surface area contributed by atoms with E-state index in [1.807, 2.05) is 0 Å². The number of alkyl halides is 3. The zero-order valence-corrected chi connectivity index (χ0v) is 8.13. The van der Waals surface area contributed by atoms with E-state index in [9.17, 15) is 27.6 Å². The van der Waals surface area contributed by atoms with Gasteiger partial charge < -0.3 is 10.4 Å². The normalized spacial score (nSPS) is 10.9. The van der Waals surface area contributed by atoms with Crippen molar-refractivity contribution in [2.75, 3.05) is 6.54 Å². The summed E-state index contributed by atoms with van der Waals surface area (Å²) in [6, 6.07) is 0. The number of carboxylic acids is 1. The standard InChI is InChI=1S/C8H10F3NO4/c9-8(10,11)7(16)12-4-5(13)2-1-3-6(14)15/h1-4H2,(H,12,16)(H,14,15). The number of carbonyl (C=O) groups excluding carboxylic acids is 2. The first-order valence-electron chi connectivity index (χ1n) is 4.32. The zero-order chi connectivity index (χ0) is 12.8. The highest BCUT2D eigenvalue weighted by molar-refractivity contribution is 5.88. The molecule has 5 nitrogen and oxygen atoms in total. The lowest BCUT2D eigenvalue weighted by Gasteiger charge is -2.06. The van der Waals surface area contributed by atoms with Crippen LogP contribution in [0.25, 0.3) is 0 Å². The molecular formula is C8H10F3NO4. The molecule has 8 heteroatoms. The third kappa shape index (κ3) is 6.80. The van der Waals surface area contributed by atoms with Crippen LogP contribution in [-0.2, 0) is 14.4 Å². The van der Waals surface area contributed by atoms with Gasteiger partial charge in [0, 0.05) is 12.8 Å². The van der Waals surface area contributed by atoms with Crippen LogP contribution >= 0.6 is 0 Å². The van der Waals surface area contributed by atoms with Crippen LogP contribution in [-0.4, -0.2) is 35.5 Å². The van der Waals surface area contributed by atoms with Crippen molar-refractivity contribution in [1.82, 2.24) is 5.32 Å². The summed E-state index contributed by atoms with van der Waals surface area (Å²) in [6.07, 6.45) is -5.39. The van der Waals surface area contributed by atoms with Gasteiger partial charge in [-0.05, 0) is 6.42 Å². The number of hydrogen-bond acceptors (Lipinski definition) is 3. The Bertz CT molecular complexity index is 287. The molecule has 1 amide bonds. The molecular weight excluding hydrogens is 231 g/mol. The number of rotatable bonds is 6. The molecule has 0 aliphatic heterocycles. The topological polar surface area (TPSA) is 83.5 Å². The van der Waals surface area contributed by atoms with Crippen molar-refractivity contribution in [2.24, 2.45) is 0 Å². The van der Waals surface area contributed by atoms with Gasteiger partial charge in [-0.25, -0.2) is 0 Å². The highest BCUT2D eigenvalue weighted by Gasteiger charge is 2.38. The maximum Gasteiger partial charge on any atom is 0.471 e. The molecule has 0 radical (unpaired) electrons. The van der Waals surface area contributed by atoms with Crippen LogP contribution in [0.15, 0.2) is 0 Å². The lowest BCUT2D eigenvalue weighted by Crippen LogP contribution is -2.39. The summed E-state index contributed by atoms with van der Waals surface area (Å²) in [5, 5.41) is 9.62. The molecule has 0 heterocycles. The van der Waals surface area contributed by atoms with Gasteiger partial charge in [0.1, 0.15) is 0 Å². The summed E-state index contributed by atoms with van der Waals surface area (Å²) in [7, 11) is 0. The van der Waals surface area contributed by atoms with Gasteiger partial charge in [0.05, 0.1) is 6.54 Å². The number of carbonyl (C=O) groups is 3. The molecule has 0 saturated heterocycles. The fourth-order valence-electron chi connectivity index (χ4n) is 0.804. The number of carboxylic acid groups (broad SMARTS) is 1. The molecule has 0 aliphatic rings. The fraction of sp³-hybridized carbons (Fsp3) is 0.625. The second kappa shape index (κ2) is 6.09. The van der Waals surface area contributed by atoms with Crippen molar-refractivity contribution in [1.29, 1.82) is 0 Å². The lowest BCUT2D eigenvalue weighted by molar-refractivity contribution is -0.173. The van der Waals surface area contributed by atoms with E-state index < -0.39 is 30.4 Å². The Labute approximate surface area is 88.6 Å². The summed E-state index contributed by atoms with van der Waals surface area (Å²) < 4.78 is 35.0. The summed E-state index contributed by atoms with van der Waals surface area (Å²) in [6.45, 7) is -0.738. The summed E-state index contributed by atoms with van der Waals surface area (Å²) >= 11 is 0. The van der Waals surface area contributed by atoms with Crippen LogP contribution in [0.4, 0.5) is 13.2 Å². The van der Waals surface area contributed by atoms with E-state index in [-0.39, 0.29) is 19.3 Å². The fourth-order valence-corrected chi connectivity index (χ4v) is 0.804. The van der Waals surface area contributed by atoms with Crippen LogP contribution in [0, 0.1) is 0 Å². The maximum absolute atomic E-state index is 11.7. The van der Waals surface area contributed by atoms with Crippen LogP contribution < -0.4 is 5.32 Å². The molecule has 16 heavy (non-hydrogen) atoms. The Morgan fingerprint density at radius 1 is 1.12 bits per heavy atom. The van der Waals surface area contributed by atoms with Gasteiger partial charge in [0.15, 0.2) is 5.78 Å². The summed E-state index contributed by atoms with van der Waals surface area (Å²) in [5.41, 5.74) is 0. The van der Waals surface area contributed by atoms with Crippen LogP contribution in [0.5, 0.6) is 0 Å². The number of nitrogens with one attached hydrogen (secondary N) is 1. The minimum absolute atomic E-state index is 0.0378. The minimum atomic E-state index is -5.01. The number of Topliss-reactive ketones (excluding diaryl/α,β-unsaturated/α-hetero) is 1. The van der Waals surface area contributed by atoms with Crippen molar-refractivity contribution in [3.63, 3.8) is 0 Å². The lowest BCUT2D eigenvalue weighted by atomic mass is 10.2. The molecule has 0 rings (SSSR count). The third-order valence-electron chi connectivity index (χ3n) is 1.55. The second-order valence-corrected chi connectivity index (χ2v) is 2.97. The predicted molar refractivity (Wildman–Crippen MR) is 45.6 cm³/mol. The number of ketones is 1. The SMILES string of the molecule is O=C(O)CCCC(=O)CNC(=O)C(F)(F)F. The van der Waals surface area contributed by atoms with Crippen LogP contribution in [0.1, 0.15) is 19.3 Å². The van der Waals surface area contributed by atoms with E-state index in [1.165, 1.54) is 5.32 Å². The molecule has 0 spiro atoms. The Morgan fingerprint density at radius 2 is 1.69 bits per heavy atom. The number of halogens is 3. The number of hydrogen-bond donors (Lipinski definition) is 2. The molecule has 0 aromatic heterocycles. The molecule has 0 atom stereocenters. The monoisotopic (exact) mass is 241 g/mol. The van der Waals surface area contributed by atoms with Gasteiger partial charge in [-0.15, -0.1) is 0 Å². The maximum atomic E-state index is 11.7. The smallest absolute Gasteiger partial charge is 0.471 e. The molecule has 0 aromatic rings. The van der Waals surface area contributed by atoms with Crippen LogP contribution in [0.3, 0.4) is 0 Å². The van der Waals surface area contributed by atoms with Crippen molar-refractivity contribution in [3.8, 4) is 0 Å². The van der Waals surface area contributed by atoms with E-state index in [4.69, 9.17) is 5.11 Å². The quantitative estimate of drug-likeness (QED) is 0.708. The largest absolute Gasteiger partial charge is 0.481 e. The Morgan fingerprint density at radius 3 is 2.12 bits per heavy atom. The first-order chi connectivity index (χ1) is 7.23. The van der Waals surface area contributed by atoms with Gasteiger partial charge in [-0.1, -0.05) is 0 Å². The molecule has 0 bridgehead atoms. The molecule has 0 aromatic carbocycles. The first-order valence-corrected chi connectivity index (χ1v) is 4.32. The van der Waals surface area contributed by atoms with Crippen LogP contribution in [0.2, 0.25) is 0 Å². The predicted octanol–water partition coefficient (Wildman–Crippen LogP) is 0.489. The zero-order valence-electron chi connectivity index (χ0n) is 8.13. The summed E-state index contributed by atoms with van der Waals surface area (Å²) in [4.78, 5) is 31.2. The van der Waals surface area contributed by atoms with Gasteiger partial charge in [-0.3, -0.25) is 14.4 Å². The molecule has 0 unspecified atom stereocenters. The Kier molecular flexibility index (Phi) is 5.48. The third-order valence-corrected chi connectivity index (χ3v) is 1.55. The van der Waals surface area contributed by atoms with Gasteiger partial charge in [0.25, 0.3) is 0 Å². The minimum Gasteiger partial charge on any atom is -0.481 e. The number of amides is 1. The van der Waals surface area contributed by atoms with Crippen molar-refractivity contribution in [3.05, 3.63) is 0 Å².